The van der Waals surface area contributed by atoms with E-state index in [1.54, 1.807) is 12.1 Å². The highest BCUT2D eigenvalue weighted by Gasteiger charge is 2.31. The summed E-state index contributed by atoms with van der Waals surface area (Å²) in [4.78, 5) is 0. The first kappa shape index (κ1) is 20.3. The van der Waals surface area contributed by atoms with Gasteiger partial charge in [-0.05, 0) is 36.1 Å². The molecule has 8 heteroatoms. The average molecular weight is 408 g/mol. The molecule has 0 aliphatic heterocycles. The van der Waals surface area contributed by atoms with Gasteiger partial charge >= 0.3 is 6.36 Å². The average Bonchev–Trinajstić information content (AvgIpc) is 3.08. The van der Waals surface area contributed by atoms with E-state index in [1.807, 2.05) is 25.1 Å². The van der Waals surface area contributed by atoms with Crippen LogP contribution in [0.4, 0.5) is 13.2 Å². The van der Waals surface area contributed by atoms with E-state index in [0.29, 0.717) is 17.5 Å². The molecular weight excluding hydrogens is 389 g/mol. The van der Waals surface area contributed by atoms with Gasteiger partial charge in [0, 0.05) is 11.7 Å². The minimum absolute atomic E-state index is 0.0696. The van der Waals surface area contributed by atoms with Crippen molar-refractivity contribution < 1.29 is 22.3 Å². The molecule has 0 spiro atoms. The standard InChI is InChI=1S/C20H19F3N2O2S/c1-13(15-6-4-3-5-7-15)12-18-24-25-19(26-18)28-14(2)16-8-10-17(11-9-16)27-20(21,22)23/h3-11,13-14H,12H2,1-2H3. The van der Waals surface area contributed by atoms with Gasteiger partial charge in [-0.2, -0.15) is 0 Å². The molecule has 2 aromatic carbocycles. The van der Waals surface area contributed by atoms with Crippen LogP contribution in [0.1, 0.15) is 42.0 Å². The quantitative estimate of drug-likeness (QED) is 0.438. The number of rotatable bonds is 7. The Morgan fingerprint density at radius 1 is 0.964 bits per heavy atom. The zero-order chi connectivity index (χ0) is 20.1. The van der Waals surface area contributed by atoms with Gasteiger partial charge in [-0.25, -0.2) is 0 Å². The lowest BCUT2D eigenvalue weighted by molar-refractivity contribution is -0.274. The Bertz CT molecular complexity index is 882. The van der Waals surface area contributed by atoms with Crippen molar-refractivity contribution in [2.24, 2.45) is 0 Å². The first-order valence-corrected chi connectivity index (χ1v) is 9.58. The predicted molar refractivity (Wildman–Crippen MR) is 100 cm³/mol. The molecule has 3 rings (SSSR count). The number of nitrogens with zero attached hydrogens (tertiary/aromatic N) is 2. The minimum atomic E-state index is -4.70. The first-order chi connectivity index (χ1) is 13.3. The van der Waals surface area contributed by atoms with Gasteiger partial charge < -0.3 is 9.15 Å². The Morgan fingerprint density at radius 3 is 2.29 bits per heavy atom. The van der Waals surface area contributed by atoms with Crippen molar-refractivity contribution in [2.45, 2.75) is 43.0 Å². The van der Waals surface area contributed by atoms with Gasteiger partial charge in [-0.15, -0.1) is 23.4 Å². The summed E-state index contributed by atoms with van der Waals surface area (Å²) in [5, 5.41) is 8.53. The van der Waals surface area contributed by atoms with Crippen LogP contribution in [0, 0.1) is 0 Å². The monoisotopic (exact) mass is 408 g/mol. The number of alkyl halides is 3. The Hall–Kier alpha value is -2.48. The van der Waals surface area contributed by atoms with E-state index < -0.39 is 6.36 Å². The van der Waals surface area contributed by atoms with Crippen molar-refractivity contribution >= 4 is 11.8 Å². The smallest absolute Gasteiger partial charge is 0.416 e. The molecule has 0 aliphatic carbocycles. The summed E-state index contributed by atoms with van der Waals surface area (Å²) in [7, 11) is 0. The predicted octanol–water partition coefficient (Wildman–Crippen LogP) is 6.17. The van der Waals surface area contributed by atoms with Crippen LogP contribution in [0.15, 0.2) is 64.2 Å². The lowest BCUT2D eigenvalue weighted by Crippen LogP contribution is -2.17. The van der Waals surface area contributed by atoms with E-state index in [2.05, 4.69) is 34.0 Å². The largest absolute Gasteiger partial charge is 0.573 e. The van der Waals surface area contributed by atoms with Crippen LogP contribution in [0.5, 0.6) is 5.75 Å². The number of hydrogen-bond donors (Lipinski definition) is 0. The maximum Gasteiger partial charge on any atom is 0.573 e. The van der Waals surface area contributed by atoms with E-state index in [-0.39, 0.29) is 16.9 Å². The van der Waals surface area contributed by atoms with E-state index in [9.17, 15) is 13.2 Å². The van der Waals surface area contributed by atoms with Crippen LogP contribution in [-0.2, 0) is 6.42 Å². The maximum atomic E-state index is 12.2. The number of aromatic nitrogens is 2. The topological polar surface area (TPSA) is 48.2 Å². The highest BCUT2D eigenvalue weighted by Crippen LogP contribution is 2.35. The number of halogens is 3. The van der Waals surface area contributed by atoms with Gasteiger partial charge in [0.05, 0.1) is 0 Å². The molecule has 2 atom stereocenters. The number of benzene rings is 2. The molecule has 3 aromatic rings. The molecule has 0 aliphatic rings. The van der Waals surface area contributed by atoms with E-state index in [1.165, 1.54) is 29.5 Å². The fourth-order valence-corrected chi connectivity index (χ4v) is 3.52. The third-order valence-electron chi connectivity index (χ3n) is 4.16. The molecule has 0 saturated carbocycles. The molecule has 1 aromatic heterocycles. The Labute approximate surface area is 165 Å². The Morgan fingerprint density at radius 2 is 1.64 bits per heavy atom. The Balaban J connectivity index is 1.58. The van der Waals surface area contributed by atoms with Crippen LogP contribution < -0.4 is 4.74 Å². The van der Waals surface area contributed by atoms with Crippen molar-refractivity contribution in [2.75, 3.05) is 0 Å². The summed E-state index contributed by atoms with van der Waals surface area (Å²) in [6.45, 7) is 4.01. The van der Waals surface area contributed by atoms with Crippen molar-refractivity contribution in [3.63, 3.8) is 0 Å². The summed E-state index contributed by atoms with van der Waals surface area (Å²) in [6.07, 6.45) is -4.06. The molecule has 4 nitrogen and oxygen atoms in total. The van der Waals surface area contributed by atoms with Gasteiger partial charge in [0.15, 0.2) is 0 Å². The second-order valence-corrected chi connectivity index (χ2v) is 7.65. The van der Waals surface area contributed by atoms with Crippen molar-refractivity contribution in [1.29, 1.82) is 0 Å². The van der Waals surface area contributed by atoms with Crippen LogP contribution in [-0.4, -0.2) is 16.6 Å². The van der Waals surface area contributed by atoms with Gasteiger partial charge in [0.2, 0.25) is 5.89 Å². The lowest BCUT2D eigenvalue weighted by atomic mass is 9.98. The van der Waals surface area contributed by atoms with E-state index in [4.69, 9.17) is 4.42 Å². The molecule has 0 amide bonds. The van der Waals surface area contributed by atoms with E-state index >= 15 is 0 Å². The molecule has 0 bridgehead atoms. The summed E-state index contributed by atoms with van der Waals surface area (Å²) < 4.78 is 46.3. The fourth-order valence-electron chi connectivity index (χ4n) is 2.69. The van der Waals surface area contributed by atoms with Crippen LogP contribution in [0.25, 0.3) is 0 Å². The first-order valence-electron chi connectivity index (χ1n) is 8.70. The molecule has 0 saturated heterocycles. The molecule has 0 fully saturated rings. The molecule has 1 heterocycles. The molecule has 0 radical (unpaired) electrons. The zero-order valence-electron chi connectivity index (χ0n) is 15.3. The van der Waals surface area contributed by atoms with Crippen LogP contribution in [0.2, 0.25) is 0 Å². The van der Waals surface area contributed by atoms with Gasteiger partial charge in [-0.3, -0.25) is 0 Å². The molecule has 148 valence electrons. The fraction of sp³-hybridized carbons (Fsp3) is 0.300. The lowest BCUT2D eigenvalue weighted by Gasteiger charge is -2.12. The molecular formula is C20H19F3N2O2S. The highest BCUT2D eigenvalue weighted by atomic mass is 32.2. The van der Waals surface area contributed by atoms with Crippen molar-refractivity contribution in [3.8, 4) is 5.75 Å². The maximum absolute atomic E-state index is 12.2. The number of ether oxygens (including phenoxy) is 1. The van der Waals surface area contributed by atoms with Crippen LogP contribution in [0.3, 0.4) is 0 Å². The molecule has 2 unspecified atom stereocenters. The summed E-state index contributed by atoms with van der Waals surface area (Å²) in [5.41, 5.74) is 2.03. The summed E-state index contributed by atoms with van der Waals surface area (Å²) >= 11 is 1.36. The second kappa shape index (κ2) is 8.68. The molecule has 0 N–H and O–H groups in total. The van der Waals surface area contributed by atoms with Crippen molar-refractivity contribution in [1.82, 2.24) is 10.2 Å². The summed E-state index contributed by atoms with van der Waals surface area (Å²) in [6, 6.07) is 15.8. The number of thioether (sulfide) groups is 1. The zero-order valence-corrected chi connectivity index (χ0v) is 16.1. The summed E-state index contributed by atoms with van der Waals surface area (Å²) in [5.74, 6) is 0.557. The second-order valence-electron chi connectivity index (χ2n) is 6.35. The van der Waals surface area contributed by atoms with Crippen LogP contribution >= 0.6 is 11.8 Å². The van der Waals surface area contributed by atoms with Crippen molar-refractivity contribution in [3.05, 3.63) is 71.6 Å². The normalized spacial score (nSPS) is 13.9. The van der Waals surface area contributed by atoms with E-state index in [0.717, 1.165) is 5.56 Å². The third-order valence-corrected chi connectivity index (χ3v) is 5.15. The highest BCUT2D eigenvalue weighted by molar-refractivity contribution is 7.99. The van der Waals surface area contributed by atoms with Gasteiger partial charge in [0.1, 0.15) is 5.75 Å². The van der Waals surface area contributed by atoms with Gasteiger partial charge in [0.25, 0.3) is 5.22 Å². The van der Waals surface area contributed by atoms with Gasteiger partial charge in [-0.1, -0.05) is 61.2 Å². The number of hydrogen-bond acceptors (Lipinski definition) is 5. The minimum Gasteiger partial charge on any atom is -0.416 e. The SMILES string of the molecule is CC(Cc1nnc(SC(C)c2ccc(OC(F)(F)F)cc2)o1)c1ccccc1. The third kappa shape index (κ3) is 5.76. The molecule has 28 heavy (non-hydrogen) atoms. The Kier molecular flexibility index (Phi) is 6.28.